The number of halogens is 1. The van der Waals surface area contributed by atoms with Crippen LogP contribution in [0.2, 0.25) is 5.02 Å². The molecule has 1 aliphatic heterocycles. The van der Waals surface area contributed by atoms with E-state index in [0.29, 0.717) is 23.9 Å². The van der Waals surface area contributed by atoms with Crippen LogP contribution in [0.4, 0.5) is 0 Å². The first-order valence-corrected chi connectivity index (χ1v) is 6.78. The Morgan fingerprint density at radius 3 is 2.62 bits per heavy atom. The Morgan fingerprint density at radius 2 is 2.00 bits per heavy atom. The van der Waals surface area contributed by atoms with Crippen LogP contribution in [0.5, 0.6) is 5.75 Å². The minimum Gasteiger partial charge on any atom is -0.482 e. The number of carbonyl (C=O) groups is 2. The smallest absolute Gasteiger partial charge is 0.329 e. The van der Waals surface area contributed by atoms with E-state index in [0.717, 1.165) is 0 Å². The number of aliphatic carboxylic acids is 1. The van der Waals surface area contributed by atoms with Crippen molar-refractivity contribution in [3.05, 3.63) is 29.3 Å². The lowest BCUT2D eigenvalue weighted by Crippen LogP contribution is -2.64. The minimum atomic E-state index is -1.02. The Kier molecular flexibility index (Phi) is 4.69. The molecule has 0 spiro atoms. The van der Waals surface area contributed by atoms with Crippen molar-refractivity contribution in [2.45, 2.75) is 12.5 Å². The van der Waals surface area contributed by atoms with Gasteiger partial charge in [-0.3, -0.25) is 4.79 Å². The summed E-state index contributed by atoms with van der Waals surface area (Å²) in [5, 5.41) is 9.02. The van der Waals surface area contributed by atoms with E-state index in [1.807, 2.05) is 0 Å². The van der Waals surface area contributed by atoms with E-state index in [4.69, 9.17) is 26.2 Å². The third-order valence-corrected chi connectivity index (χ3v) is 3.45. The van der Waals surface area contributed by atoms with Gasteiger partial charge in [0.15, 0.2) is 6.61 Å². The average molecular weight is 314 g/mol. The van der Waals surface area contributed by atoms with Crippen LogP contribution in [0.1, 0.15) is 6.92 Å². The van der Waals surface area contributed by atoms with Crippen LogP contribution in [0.25, 0.3) is 0 Å². The first kappa shape index (κ1) is 15.6. The summed E-state index contributed by atoms with van der Waals surface area (Å²) in [6.45, 7) is 2.00. The molecule has 1 aromatic rings. The zero-order chi connectivity index (χ0) is 15.5. The van der Waals surface area contributed by atoms with Crippen molar-refractivity contribution in [1.82, 2.24) is 4.90 Å². The Hall–Kier alpha value is -1.79. The van der Waals surface area contributed by atoms with Crippen molar-refractivity contribution < 1.29 is 24.2 Å². The Labute approximate surface area is 127 Å². The summed E-state index contributed by atoms with van der Waals surface area (Å²) in [6, 6.07) is 6.91. The van der Waals surface area contributed by atoms with Crippen molar-refractivity contribution in [2.24, 2.45) is 0 Å². The highest BCUT2D eigenvalue weighted by Gasteiger charge is 2.42. The van der Waals surface area contributed by atoms with Gasteiger partial charge in [0, 0.05) is 0 Å². The molecule has 114 valence electrons. The number of carboxylic acid groups (broad SMARTS) is 1. The molecule has 1 saturated heterocycles. The molecule has 0 unspecified atom stereocenters. The molecule has 21 heavy (non-hydrogen) atoms. The molecule has 1 aliphatic rings. The van der Waals surface area contributed by atoms with Crippen molar-refractivity contribution in [3.63, 3.8) is 0 Å². The number of carboxylic acids is 1. The third kappa shape index (κ3) is 4.09. The molecule has 0 bridgehead atoms. The highest BCUT2D eigenvalue weighted by atomic mass is 35.5. The lowest BCUT2D eigenvalue weighted by atomic mass is 9.96. The number of rotatable bonds is 6. The maximum atomic E-state index is 11.9. The van der Waals surface area contributed by atoms with Gasteiger partial charge < -0.3 is 19.5 Å². The van der Waals surface area contributed by atoms with Crippen molar-refractivity contribution in [3.8, 4) is 5.75 Å². The Balaban J connectivity index is 1.76. The Morgan fingerprint density at radius 1 is 1.33 bits per heavy atom. The van der Waals surface area contributed by atoms with Gasteiger partial charge in [-0.1, -0.05) is 23.7 Å². The van der Waals surface area contributed by atoms with Crippen LogP contribution in [-0.2, 0) is 14.3 Å². The lowest BCUT2D eigenvalue weighted by molar-refractivity contribution is -0.174. The van der Waals surface area contributed by atoms with Crippen molar-refractivity contribution >= 4 is 23.5 Å². The fraction of sp³-hybridized carbons (Fsp3) is 0.429. The second-order valence-corrected chi connectivity index (χ2v) is 5.51. The molecule has 0 aliphatic carbocycles. The number of para-hydroxylation sites is 1. The molecule has 1 N–H and O–H groups in total. The topological polar surface area (TPSA) is 76.1 Å². The van der Waals surface area contributed by atoms with Gasteiger partial charge in [-0.2, -0.15) is 0 Å². The lowest BCUT2D eigenvalue weighted by Gasteiger charge is -2.47. The number of ether oxygens (including phenoxy) is 2. The van der Waals surface area contributed by atoms with Crippen molar-refractivity contribution in [1.29, 1.82) is 0 Å². The van der Waals surface area contributed by atoms with Crippen LogP contribution < -0.4 is 4.74 Å². The monoisotopic (exact) mass is 313 g/mol. The summed E-state index contributed by atoms with van der Waals surface area (Å²) < 4.78 is 10.6. The van der Waals surface area contributed by atoms with Crippen LogP contribution in [-0.4, -0.2) is 53.8 Å². The maximum Gasteiger partial charge on any atom is 0.329 e. The predicted molar refractivity (Wildman–Crippen MR) is 75.5 cm³/mol. The van der Waals surface area contributed by atoms with Gasteiger partial charge in [0.25, 0.3) is 5.91 Å². The molecule has 1 amide bonds. The van der Waals surface area contributed by atoms with E-state index in [-0.39, 0.29) is 19.1 Å². The SMILES string of the molecule is CC1(OCC(=O)O)CN(C(=O)COc2ccccc2Cl)C1. The van der Waals surface area contributed by atoms with Gasteiger partial charge in [-0.05, 0) is 19.1 Å². The second kappa shape index (κ2) is 6.32. The van der Waals surface area contributed by atoms with Gasteiger partial charge in [-0.25, -0.2) is 4.79 Å². The number of hydrogen-bond donors (Lipinski definition) is 1. The standard InChI is InChI=1S/C14H16ClNO5/c1-14(21-7-13(18)19)8-16(9-14)12(17)6-20-11-5-3-2-4-10(11)15/h2-5H,6-9H2,1H3,(H,18,19). The van der Waals surface area contributed by atoms with Gasteiger partial charge in [-0.15, -0.1) is 0 Å². The number of hydrogen-bond acceptors (Lipinski definition) is 4. The van der Waals surface area contributed by atoms with Crippen LogP contribution in [0.15, 0.2) is 24.3 Å². The number of benzene rings is 1. The van der Waals surface area contributed by atoms with Gasteiger partial charge in [0.2, 0.25) is 0 Å². The highest BCUT2D eigenvalue weighted by Crippen LogP contribution is 2.26. The molecule has 6 nitrogen and oxygen atoms in total. The fourth-order valence-electron chi connectivity index (χ4n) is 2.06. The molecule has 1 aromatic carbocycles. The van der Waals surface area contributed by atoms with E-state index >= 15 is 0 Å². The zero-order valence-electron chi connectivity index (χ0n) is 11.5. The predicted octanol–water partition coefficient (Wildman–Crippen LogP) is 1.42. The molecule has 0 atom stereocenters. The largest absolute Gasteiger partial charge is 0.482 e. The molecule has 7 heteroatoms. The van der Waals surface area contributed by atoms with Gasteiger partial charge in [0.05, 0.1) is 18.1 Å². The quantitative estimate of drug-likeness (QED) is 0.859. The van der Waals surface area contributed by atoms with Crippen molar-refractivity contribution in [2.75, 3.05) is 26.3 Å². The average Bonchev–Trinajstić information content (AvgIpc) is 2.41. The molecule has 1 heterocycles. The number of nitrogens with zero attached hydrogens (tertiary/aromatic N) is 1. The first-order valence-electron chi connectivity index (χ1n) is 6.40. The summed E-state index contributed by atoms with van der Waals surface area (Å²) >= 11 is 5.93. The molecule has 1 fully saturated rings. The summed E-state index contributed by atoms with van der Waals surface area (Å²) in [7, 11) is 0. The molecular formula is C14H16ClNO5. The fourth-order valence-corrected chi connectivity index (χ4v) is 2.25. The number of likely N-dealkylation sites (tertiary alicyclic amines) is 1. The first-order chi connectivity index (χ1) is 9.89. The summed E-state index contributed by atoms with van der Waals surface area (Å²) in [6.07, 6.45) is 0. The van der Waals surface area contributed by atoms with E-state index in [1.54, 1.807) is 36.1 Å². The molecule has 0 radical (unpaired) electrons. The zero-order valence-corrected chi connectivity index (χ0v) is 12.3. The van der Waals surface area contributed by atoms with Crippen LogP contribution in [0, 0.1) is 0 Å². The van der Waals surface area contributed by atoms with E-state index in [9.17, 15) is 9.59 Å². The van der Waals surface area contributed by atoms with E-state index in [2.05, 4.69) is 0 Å². The number of amides is 1. The summed E-state index contributed by atoms with van der Waals surface area (Å²) in [5.74, 6) is -0.757. The second-order valence-electron chi connectivity index (χ2n) is 5.10. The van der Waals surface area contributed by atoms with E-state index in [1.165, 1.54) is 0 Å². The van der Waals surface area contributed by atoms with E-state index < -0.39 is 11.6 Å². The normalized spacial score (nSPS) is 16.2. The molecule has 0 saturated carbocycles. The maximum absolute atomic E-state index is 11.9. The highest BCUT2D eigenvalue weighted by molar-refractivity contribution is 6.32. The van der Waals surface area contributed by atoms with Gasteiger partial charge in [0.1, 0.15) is 18.0 Å². The third-order valence-electron chi connectivity index (χ3n) is 3.14. The molecular weight excluding hydrogens is 298 g/mol. The minimum absolute atomic E-state index is 0.112. The summed E-state index contributed by atoms with van der Waals surface area (Å²) in [4.78, 5) is 23.9. The Bertz CT molecular complexity index is 542. The molecule has 2 rings (SSSR count). The van der Waals surface area contributed by atoms with Gasteiger partial charge >= 0.3 is 5.97 Å². The van der Waals surface area contributed by atoms with Crippen LogP contribution in [0.3, 0.4) is 0 Å². The summed E-state index contributed by atoms with van der Waals surface area (Å²) in [5.41, 5.74) is -0.599. The van der Waals surface area contributed by atoms with Crippen LogP contribution >= 0.6 is 11.6 Å². The molecule has 0 aromatic heterocycles. The number of carbonyl (C=O) groups excluding carboxylic acids is 1.